The van der Waals surface area contributed by atoms with E-state index in [4.69, 9.17) is 4.74 Å². The molecule has 0 saturated carbocycles. The Kier molecular flexibility index (Phi) is 9.19. The molecule has 0 spiro atoms. The van der Waals surface area contributed by atoms with Gasteiger partial charge in [0.05, 0.1) is 12.2 Å². The standard InChI is InChI=1S/C18H22N4O2.2ClH/c1-2-24-15-7-5-13(6-8-15)21-17-16(4-3-10-20-17)18(23)22-14-9-11-19-12-14;;/h3-8,10,14,19H,2,9,11-12H2,1H3,(H,20,21)(H,22,23);2*1H. The van der Waals surface area contributed by atoms with Crippen molar-refractivity contribution in [2.75, 3.05) is 25.0 Å². The average molecular weight is 399 g/mol. The van der Waals surface area contributed by atoms with Gasteiger partial charge >= 0.3 is 0 Å². The van der Waals surface area contributed by atoms with Gasteiger partial charge in [-0.1, -0.05) is 0 Å². The zero-order valence-electron chi connectivity index (χ0n) is 14.5. The molecule has 2 heterocycles. The minimum atomic E-state index is -0.106. The lowest BCUT2D eigenvalue weighted by Gasteiger charge is -2.14. The molecule has 26 heavy (non-hydrogen) atoms. The summed E-state index contributed by atoms with van der Waals surface area (Å²) < 4.78 is 5.43. The summed E-state index contributed by atoms with van der Waals surface area (Å²) in [7, 11) is 0. The Hall–Kier alpha value is -2.02. The number of nitrogens with one attached hydrogen (secondary N) is 3. The highest BCUT2D eigenvalue weighted by molar-refractivity contribution is 5.99. The first-order valence-electron chi connectivity index (χ1n) is 8.22. The smallest absolute Gasteiger partial charge is 0.255 e. The highest BCUT2D eigenvalue weighted by Crippen LogP contribution is 2.21. The molecule has 1 aromatic heterocycles. The fourth-order valence-corrected chi connectivity index (χ4v) is 2.67. The summed E-state index contributed by atoms with van der Waals surface area (Å²) in [5.41, 5.74) is 1.40. The topological polar surface area (TPSA) is 75.3 Å². The second kappa shape index (κ2) is 10.9. The van der Waals surface area contributed by atoms with Gasteiger partial charge in [-0.05, 0) is 56.3 Å². The van der Waals surface area contributed by atoms with Crippen LogP contribution >= 0.6 is 24.8 Å². The van der Waals surface area contributed by atoms with Crippen LogP contribution in [0.3, 0.4) is 0 Å². The minimum Gasteiger partial charge on any atom is -0.494 e. The predicted molar refractivity (Wildman–Crippen MR) is 108 cm³/mol. The van der Waals surface area contributed by atoms with Crippen LogP contribution in [0.2, 0.25) is 0 Å². The Balaban J connectivity index is 0.00000169. The number of rotatable bonds is 6. The fourth-order valence-electron chi connectivity index (χ4n) is 2.67. The lowest BCUT2D eigenvalue weighted by molar-refractivity contribution is 0.0940. The number of carbonyl (C=O) groups is 1. The van der Waals surface area contributed by atoms with E-state index in [0.29, 0.717) is 18.0 Å². The molecule has 1 atom stereocenters. The number of aromatic nitrogens is 1. The summed E-state index contributed by atoms with van der Waals surface area (Å²) in [5.74, 6) is 1.26. The molecule has 1 amide bonds. The van der Waals surface area contributed by atoms with Crippen LogP contribution in [-0.2, 0) is 0 Å². The predicted octanol–water partition coefficient (Wildman–Crippen LogP) is 3.16. The van der Waals surface area contributed by atoms with Gasteiger partial charge in [-0.2, -0.15) is 0 Å². The zero-order valence-corrected chi connectivity index (χ0v) is 16.2. The summed E-state index contributed by atoms with van der Waals surface area (Å²) in [6.45, 7) is 4.33. The molecule has 0 aliphatic carbocycles. The van der Waals surface area contributed by atoms with Gasteiger partial charge in [-0.25, -0.2) is 4.98 Å². The maximum absolute atomic E-state index is 12.5. The Labute approximate surface area is 165 Å². The fraction of sp³-hybridized carbons (Fsp3) is 0.333. The van der Waals surface area contributed by atoms with E-state index in [1.807, 2.05) is 31.2 Å². The number of pyridine rings is 1. The summed E-state index contributed by atoms with van der Waals surface area (Å²) >= 11 is 0. The van der Waals surface area contributed by atoms with Crippen LogP contribution in [0.15, 0.2) is 42.6 Å². The average Bonchev–Trinajstić information content (AvgIpc) is 3.10. The first-order valence-corrected chi connectivity index (χ1v) is 8.22. The molecule has 1 aromatic carbocycles. The number of hydrogen-bond acceptors (Lipinski definition) is 5. The number of anilines is 2. The second-order valence-electron chi connectivity index (χ2n) is 5.65. The lowest BCUT2D eigenvalue weighted by Crippen LogP contribution is -2.36. The van der Waals surface area contributed by atoms with E-state index in [1.165, 1.54) is 0 Å². The number of ether oxygens (including phenoxy) is 1. The van der Waals surface area contributed by atoms with E-state index in [0.717, 1.165) is 30.9 Å². The second-order valence-corrected chi connectivity index (χ2v) is 5.65. The number of amides is 1. The van der Waals surface area contributed by atoms with Crippen LogP contribution < -0.4 is 20.7 Å². The van der Waals surface area contributed by atoms with Crippen LogP contribution in [0.4, 0.5) is 11.5 Å². The van der Waals surface area contributed by atoms with Crippen LogP contribution in [0.1, 0.15) is 23.7 Å². The van der Waals surface area contributed by atoms with Crippen molar-refractivity contribution in [3.63, 3.8) is 0 Å². The number of carbonyl (C=O) groups excluding carboxylic acids is 1. The van der Waals surface area contributed by atoms with Crippen molar-refractivity contribution < 1.29 is 9.53 Å². The molecule has 1 saturated heterocycles. The Morgan fingerprint density at radius 1 is 1.27 bits per heavy atom. The molecule has 3 N–H and O–H groups in total. The SMILES string of the molecule is CCOc1ccc(Nc2ncccc2C(=O)NC2CCNC2)cc1.Cl.Cl. The van der Waals surface area contributed by atoms with E-state index >= 15 is 0 Å². The van der Waals surface area contributed by atoms with Crippen molar-refractivity contribution in [1.82, 2.24) is 15.6 Å². The van der Waals surface area contributed by atoms with E-state index in [9.17, 15) is 4.79 Å². The minimum absolute atomic E-state index is 0. The molecule has 0 bridgehead atoms. The van der Waals surface area contributed by atoms with Gasteiger partial charge in [-0.15, -0.1) is 24.8 Å². The van der Waals surface area contributed by atoms with E-state index in [-0.39, 0.29) is 36.8 Å². The van der Waals surface area contributed by atoms with Gasteiger partial charge in [0.1, 0.15) is 11.6 Å². The first kappa shape index (κ1) is 22.0. The Morgan fingerprint density at radius 3 is 2.69 bits per heavy atom. The van der Waals surface area contributed by atoms with Crippen molar-refractivity contribution in [2.24, 2.45) is 0 Å². The number of nitrogens with zero attached hydrogens (tertiary/aromatic N) is 1. The van der Waals surface area contributed by atoms with Crippen LogP contribution in [0, 0.1) is 0 Å². The number of benzene rings is 1. The van der Waals surface area contributed by atoms with Gasteiger partial charge in [0.25, 0.3) is 5.91 Å². The maximum atomic E-state index is 12.5. The summed E-state index contributed by atoms with van der Waals surface area (Å²) in [6.07, 6.45) is 2.62. The van der Waals surface area contributed by atoms with Crippen LogP contribution in [0.25, 0.3) is 0 Å². The first-order chi connectivity index (χ1) is 11.8. The summed E-state index contributed by atoms with van der Waals surface area (Å²) in [5, 5.41) is 9.49. The van der Waals surface area contributed by atoms with E-state index in [2.05, 4.69) is 20.9 Å². The highest BCUT2D eigenvalue weighted by Gasteiger charge is 2.19. The molecule has 6 nitrogen and oxygen atoms in total. The lowest BCUT2D eigenvalue weighted by atomic mass is 10.2. The van der Waals surface area contributed by atoms with Crippen molar-refractivity contribution in [3.05, 3.63) is 48.2 Å². The molecule has 2 aromatic rings. The molecular weight excluding hydrogens is 375 g/mol. The van der Waals surface area contributed by atoms with E-state index < -0.39 is 0 Å². The van der Waals surface area contributed by atoms with Crippen molar-refractivity contribution in [3.8, 4) is 5.75 Å². The normalized spacial score (nSPS) is 15.3. The molecular formula is C18H24Cl2N4O2. The van der Waals surface area contributed by atoms with Crippen LogP contribution in [0.5, 0.6) is 5.75 Å². The van der Waals surface area contributed by atoms with Gasteiger partial charge in [0.15, 0.2) is 0 Å². The summed E-state index contributed by atoms with van der Waals surface area (Å²) in [4.78, 5) is 16.8. The highest BCUT2D eigenvalue weighted by atomic mass is 35.5. The molecule has 1 unspecified atom stereocenters. The monoisotopic (exact) mass is 398 g/mol. The summed E-state index contributed by atoms with van der Waals surface area (Å²) in [6, 6.07) is 11.3. The molecule has 1 fully saturated rings. The molecule has 1 aliphatic rings. The van der Waals surface area contributed by atoms with Crippen LogP contribution in [-0.4, -0.2) is 36.6 Å². The zero-order chi connectivity index (χ0) is 16.8. The molecule has 0 radical (unpaired) electrons. The van der Waals surface area contributed by atoms with Gasteiger partial charge < -0.3 is 20.7 Å². The Bertz CT molecular complexity index is 692. The van der Waals surface area contributed by atoms with Crippen molar-refractivity contribution >= 4 is 42.2 Å². The quantitative estimate of drug-likeness (QED) is 0.696. The van der Waals surface area contributed by atoms with Crippen molar-refractivity contribution in [1.29, 1.82) is 0 Å². The van der Waals surface area contributed by atoms with E-state index in [1.54, 1.807) is 18.3 Å². The van der Waals surface area contributed by atoms with Gasteiger partial charge in [-0.3, -0.25) is 4.79 Å². The molecule has 3 rings (SSSR count). The third kappa shape index (κ3) is 5.76. The third-order valence-electron chi connectivity index (χ3n) is 3.88. The van der Waals surface area contributed by atoms with Crippen molar-refractivity contribution in [2.45, 2.75) is 19.4 Å². The number of hydrogen-bond donors (Lipinski definition) is 3. The molecule has 1 aliphatic heterocycles. The van der Waals surface area contributed by atoms with Gasteiger partial charge in [0.2, 0.25) is 0 Å². The number of halogens is 2. The molecule has 8 heteroatoms. The third-order valence-corrected chi connectivity index (χ3v) is 3.88. The molecule has 142 valence electrons. The maximum Gasteiger partial charge on any atom is 0.255 e. The Morgan fingerprint density at radius 2 is 2.04 bits per heavy atom. The largest absolute Gasteiger partial charge is 0.494 e. The van der Waals surface area contributed by atoms with Gasteiger partial charge in [0, 0.05) is 24.5 Å².